The molecule has 0 aromatic carbocycles. The lowest BCUT2D eigenvalue weighted by Gasteiger charge is -2.03. The van der Waals surface area contributed by atoms with Gasteiger partial charge in [0, 0.05) is 6.54 Å². The molecule has 0 spiro atoms. The number of allylic oxidation sites excluding steroid dienone is 1. The van der Waals surface area contributed by atoms with Crippen molar-refractivity contribution in [2.24, 2.45) is 0 Å². The average molecular weight is 366 g/mol. The molecule has 0 radical (unpaired) electrons. The largest absolute Gasteiger partial charge is 0.462 e. The molecular formula is C15H18N4O3S2. The van der Waals surface area contributed by atoms with Crippen LogP contribution in [0.1, 0.15) is 22.2 Å². The number of aromatic nitrogens is 3. The number of amides is 1. The third-order valence-electron chi connectivity index (χ3n) is 2.88. The van der Waals surface area contributed by atoms with E-state index in [0.717, 1.165) is 5.56 Å². The maximum atomic E-state index is 12.1. The molecule has 0 atom stereocenters. The Morgan fingerprint density at radius 1 is 1.54 bits per heavy atom. The van der Waals surface area contributed by atoms with Gasteiger partial charge in [0.15, 0.2) is 5.16 Å². The molecule has 0 fully saturated rings. The van der Waals surface area contributed by atoms with Crippen LogP contribution in [0.25, 0.3) is 0 Å². The molecule has 0 aliphatic rings. The molecule has 0 saturated carbocycles. The SMILES string of the molecule is C=CCn1cnnc1SCC(=O)Nc1cc(C)c(C(=O)OCC)s1. The van der Waals surface area contributed by atoms with Crippen LogP contribution in [-0.4, -0.2) is 39.0 Å². The first-order valence-electron chi connectivity index (χ1n) is 7.24. The highest BCUT2D eigenvalue weighted by atomic mass is 32.2. The molecule has 0 bridgehead atoms. The van der Waals surface area contributed by atoms with Gasteiger partial charge in [-0.2, -0.15) is 0 Å². The minimum absolute atomic E-state index is 0.176. The molecule has 9 heteroatoms. The zero-order valence-corrected chi connectivity index (χ0v) is 15.1. The van der Waals surface area contributed by atoms with E-state index in [0.29, 0.717) is 28.2 Å². The zero-order chi connectivity index (χ0) is 17.5. The number of carbonyl (C=O) groups excluding carboxylic acids is 2. The summed E-state index contributed by atoms with van der Waals surface area (Å²) in [7, 11) is 0. The van der Waals surface area contributed by atoms with Gasteiger partial charge in [-0.15, -0.1) is 28.1 Å². The molecule has 24 heavy (non-hydrogen) atoms. The lowest BCUT2D eigenvalue weighted by molar-refractivity contribution is -0.113. The lowest BCUT2D eigenvalue weighted by atomic mass is 10.3. The molecule has 0 unspecified atom stereocenters. The van der Waals surface area contributed by atoms with Gasteiger partial charge in [-0.05, 0) is 25.5 Å². The molecule has 7 nitrogen and oxygen atoms in total. The molecule has 2 aromatic rings. The van der Waals surface area contributed by atoms with E-state index in [2.05, 4.69) is 22.1 Å². The quantitative estimate of drug-likeness (QED) is 0.439. The predicted molar refractivity (Wildman–Crippen MR) is 94.6 cm³/mol. The van der Waals surface area contributed by atoms with E-state index in [1.807, 2.05) is 6.92 Å². The Balaban J connectivity index is 1.93. The van der Waals surface area contributed by atoms with Crippen LogP contribution in [0.5, 0.6) is 0 Å². The van der Waals surface area contributed by atoms with Crippen molar-refractivity contribution < 1.29 is 14.3 Å². The standard InChI is InChI=1S/C15H18N4O3S2/c1-4-6-19-9-16-18-15(19)23-8-11(20)17-12-7-10(3)13(24-12)14(21)22-5-2/h4,7,9H,1,5-6,8H2,2-3H3,(H,17,20). The summed E-state index contributed by atoms with van der Waals surface area (Å²) in [6.07, 6.45) is 3.33. The van der Waals surface area contributed by atoms with Crippen molar-refractivity contribution in [3.8, 4) is 0 Å². The number of carbonyl (C=O) groups is 2. The monoisotopic (exact) mass is 366 g/mol. The van der Waals surface area contributed by atoms with Crippen LogP contribution in [0.2, 0.25) is 0 Å². The Bertz CT molecular complexity index is 739. The highest BCUT2D eigenvalue weighted by Crippen LogP contribution is 2.27. The number of aryl methyl sites for hydroxylation is 1. The third kappa shape index (κ3) is 4.68. The number of nitrogens with zero attached hydrogens (tertiary/aromatic N) is 3. The van der Waals surface area contributed by atoms with Crippen LogP contribution >= 0.6 is 23.1 Å². The van der Waals surface area contributed by atoms with Gasteiger partial charge in [0.05, 0.1) is 17.4 Å². The normalized spacial score (nSPS) is 10.4. The van der Waals surface area contributed by atoms with Gasteiger partial charge < -0.3 is 14.6 Å². The van der Waals surface area contributed by atoms with E-state index in [-0.39, 0.29) is 17.6 Å². The smallest absolute Gasteiger partial charge is 0.348 e. The number of nitrogens with one attached hydrogen (secondary N) is 1. The molecule has 128 valence electrons. The molecule has 1 N–H and O–H groups in total. The highest BCUT2D eigenvalue weighted by Gasteiger charge is 2.16. The van der Waals surface area contributed by atoms with Crippen LogP contribution < -0.4 is 5.32 Å². The van der Waals surface area contributed by atoms with Gasteiger partial charge in [-0.3, -0.25) is 4.79 Å². The van der Waals surface area contributed by atoms with Gasteiger partial charge in [0.2, 0.25) is 5.91 Å². The number of hydrogen-bond acceptors (Lipinski definition) is 7. The fourth-order valence-corrected chi connectivity index (χ4v) is 3.57. The Morgan fingerprint density at radius 2 is 2.33 bits per heavy atom. The summed E-state index contributed by atoms with van der Waals surface area (Å²) in [4.78, 5) is 24.4. The molecule has 0 saturated heterocycles. The first-order valence-corrected chi connectivity index (χ1v) is 9.04. The number of thiophene rings is 1. The van der Waals surface area contributed by atoms with Crippen molar-refractivity contribution >= 4 is 40.0 Å². The minimum Gasteiger partial charge on any atom is -0.462 e. The second kappa shape index (κ2) is 8.65. The van der Waals surface area contributed by atoms with Crippen molar-refractivity contribution in [2.45, 2.75) is 25.5 Å². The summed E-state index contributed by atoms with van der Waals surface area (Å²) in [6.45, 7) is 8.14. The Kier molecular flexibility index (Phi) is 6.56. The second-order valence-electron chi connectivity index (χ2n) is 4.73. The van der Waals surface area contributed by atoms with Crippen LogP contribution in [0.15, 0.2) is 30.2 Å². The predicted octanol–water partition coefficient (Wildman–Crippen LogP) is 2.74. The maximum Gasteiger partial charge on any atom is 0.348 e. The van der Waals surface area contributed by atoms with E-state index in [9.17, 15) is 9.59 Å². The summed E-state index contributed by atoms with van der Waals surface area (Å²) in [5, 5.41) is 11.8. The first-order chi connectivity index (χ1) is 11.5. The van der Waals surface area contributed by atoms with Crippen molar-refractivity contribution in [1.82, 2.24) is 14.8 Å². The Labute approximate surface area is 148 Å². The van der Waals surface area contributed by atoms with E-state index in [1.54, 1.807) is 30.0 Å². The van der Waals surface area contributed by atoms with Gasteiger partial charge in [0.25, 0.3) is 0 Å². The van der Waals surface area contributed by atoms with Crippen LogP contribution in [0.4, 0.5) is 5.00 Å². The molecule has 2 aromatic heterocycles. The highest BCUT2D eigenvalue weighted by molar-refractivity contribution is 7.99. The van der Waals surface area contributed by atoms with Crippen LogP contribution in [-0.2, 0) is 16.1 Å². The summed E-state index contributed by atoms with van der Waals surface area (Å²) >= 11 is 2.50. The third-order valence-corrected chi connectivity index (χ3v) is 4.99. The Hall–Kier alpha value is -2.13. The van der Waals surface area contributed by atoms with E-state index in [1.165, 1.54) is 23.1 Å². The van der Waals surface area contributed by atoms with Crippen LogP contribution in [0.3, 0.4) is 0 Å². The number of rotatable bonds is 8. The molecule has 2 rings (SSSR count). The lowest BCUT2D eigenvalue weighted by Crippen LogP contribution is -2.13. The number of hydrogen-bond donors (Lipinski definition) is 1. The van der Waals surface area contributed by atoms with Crippen molar-refractivity contribution in [3.63, 3.8) is 0 Å². The average Bonchev–Trinajstić information content (AvgIpc) is 3.12. The molecule has 0 aliphatic heterocycles. The van der Waals surface area contributed by atoms with Crippen molar-refractivity contribution in [2.75, 3.05) is 17.7 Å². The fourth-order valence-electron chi connectivity index (χ4n) is 1.87. The fraction of sp³-hybridized carbons (Fsp3) is 0.333. The molecular weight excluding hydrogens is 348 g/mol. The van der Waals surface area contributed by atoms with Crippen LogP contribution in [0, 0.1) is 6.92 Å². The molecule has 1 amide bonds. The van der Waals surface area contributed by atoms with Gasteiger partial charge in [-0.25, -0.2) is 4.79 Å². The topological polar surface area (TPSA) is 86.1 Å². The van der Waals surface area contributed by atoms with Crippen molar-refractivity contribution in [1.29, 1.82) is 0 Å². The van der Waals surface area contributed by atoms with Gasteiger partial charge >= 0.3 is 5.97 Å². The number of thioether (sulfide) groups is 1. The summed E-state index contributed by atoms with van der Waals surface area (Å²) in [5.41, 5.74) is 0.784. The minimum atomic E-state index is -0.368. The van der Waals surface area contributed by atoms with Gasteiger partial charge in [-0.1, -0.05) is 17.8 Å². The molecule has 2 heterocycles. The number of anilines is 1. The maximum absolute atomic E-state index is 12.1. The first kappa shape index (κ1) is 18.2. The van der Waals surface area contributed by atoms with E-state index >= 15 is 0 Å². The second-order valence-corrected chi connectivity index (χ2v) is 6.73. The summed E-state index contributed by atoms with van der Waals surface area (Å²) in [5.74, 6) is -0.348. The summed E-state index contributed by atoms with van der Waals surface area (Å²) < 4.78 is 6.79. The zero-order valence-electron chi connectivity index (χ0n) is 13.4. The molecule has 0 aliphatic carbocycles. The number of ether oxygens (including phenoxy) is 1. The summed E-state index contributed by atoms with van der Waals surface area (Å²) in [6, 6.07) is 1.76. The van der Waals surface area contributed by atoms with Gasteiger partial charge in [0.1, 0.15) is 11.2 Å². The van der Waals surface area contributed by atoms with E-state index < -0.39 is 0 Å². The van der Waals surface area contributed by atoms with Crippen molar-refractivity contribution in [3.05, 3.63) is 35.5 Å². The Morgan fingerprint density at radius 3 is 3.04 bits per heavy atom. The van der Waals surface area contributed by atoms with E-state index in [4.69, 9.17) is 4.74 Å². The number of esters is 1.